The molecule has 0 spiro atoms. The molecule has 0 bridgehead atoms. The number of rotatable bonds is 6. The van der Waals surface area contributed by atoms with E-state index in [0.29, 0.717) is 18.9 Å². The normalized spacial score (nSPS) is 15.8. The van der Waals surface area contributed by atoms with Crippen molar-refractivity contribution in [2.24, 2.45) is 5.92 Å². The first-order valence-electron chi connectivity index (χ1n) is 9.47. The Morgan fingerprint density at radius 2 is 2.00 bits per heavy atom. The molecule has 0 aliphatic heterocycles. The van der Waals surface area contributed by atoms with E-state index in [0.717, 1.165) is 46.7 Å². The highest BCUT2D eigenvalue weighted by atomic mass is 16.5. The number of aryl methyl sites for hydroxylation is 1. The fourth-order valence-electron chi connectivity index (χ4n) is 3.61. The maximum Gasteiger partial charge on any atom is 0.226 e. The van der Waals surface area contributed by atoms with Crippen LogP contribution in [0.2, 0.25) is 0 Å². The summed E-state index contributed by atoms with van der Waals surface area (Å²) in [6.45, 7) is 4.52. The third kappa shape index (κ3) is 3.52. The lowest BCUT2D eigenvalue weighted by Crippen LogP contribution is -2.06. The lowest BCUT2D eigenvalue weighted by atomic mass is 10.0. The summed E-state index contributed by atoms with van der Waals surface area (Å²) in [5, 5.41) is 0. The average molecular weight is 361 g/mol. The van der Waals surface area contributed by atoms with Crippen molar-refractivity contribution in [2.45, 2.75) is 33.1 Å². The molecule has 0 saturated heterocycles. The Morgan fingerprint density at radius 1 is 1.19 bits per heavy atom. The van der Waals surface area contributed by atoms with E-state index >= 15 is 0 Å². The minimum absolute atomic E-state index is 0.129. The van der Waals surface area contributed by atoms with Gasteiger partial charge < -0.3 is 9.15 Å². The summed E-state index contributed by atoms with van der Waals surface area (Å²) in [6, 6.07) is 15.7. The number of hydrogen-bond donors (Lipinski definition) is 0. The summed E-state index contributed by atoms with van der Waals surface area (Å²) in [5.74, 6) is 2.67. The van der Waals surface area contributed by atoms with Crippen LogP contribution < -0.4 is 4.74 Å². The van der Waals surface area contributed by atoms with Gasteiger partial charge in [0.1, 0.15) is 11.5 Å². The van der Waals surface area contributed by atoms with Crippen LogP contribution in [0, 0.1) is 12.8 Å². The molecule has 2 aromatic carbocycles. The minimum atomic E-state index is 0.129. The summed E-state index contributed by atoms with van der Waals surface area (Å²) in [5.41, 5.74) is 3.85. The standard InChI is InChI=1S/C23H23NO3/c1-3-16-13-18-14-19(9-10-20(18)22(16)25)26-12-11-21-15(2)27-23(24-21)17-7-5-4-6-8-17/h4-10,14,16H,3,11-13H2,1-2H3. The number of ketones is 1. The molecule has 4 nitrogen and oxygen atoms in total. The van der Waals surface area contributed by atoms with Crippen LogP contribution in [0.4, 0.5) is 0 Å². The predicted molar refractivity (Wildman–Crippen MR) is 104 cm³/mol. The monoisotopic (exact) mass is 361 g/mol. The van der Waals surface area contributed by atoms with Crippen LogP contribution in [0.5, 0.6) is 5.75 Å². The number of carbonyl (C=O) groups excluding carboxylic acids is 1. The van der Waals surface area contributed by atoms with Gasteiger partial charge in [-0.25, -0.2) is 4.98 Å². The van der Waals surface area contributed by atoms with Crippen molar-refractivity contribution in [2.75, 3.05) is 6.61 Å². The molecular formula is C23H23NO3. The number of carbonyl (C=O) groups is 1. The van der Waals surface area contributed by atoms with Crippen LogP contribution in [0.25, 0.3) is 11.5 Å². The van der Waals surface area contributed by atoms with E-state index in [1.54, 1.807) is 0 Å². The van der Waals surface area contributed by atoms with Gasteiger partial charge in [0.25, 0.3) is 0 Å². The van der Waals surface area contributed by atoms with Gasteiger partial charge in [-0.2, -0.15) is 0 Å². The number of hydrogen-bond acceptors (Lipinski definition) is 4. The number of Topliss-reactive ketones (excluding diaryl/α,β-unsaturated/α-hetero) is 1. The lowest BCUT2D eigenvalue weighted by Gasteiger charge is -2.07. The van der Waals surface area contributed by atoms with E-state index in [2.05, 4.69) is 11.9 Å². The van der Waals surface area contributed by atoms with Crippen LogP contribution >= 0.6 is 0 Å². The molecule has 0 saturated carbocycles. The third-order valence-corrected chi connectivity index (χ3v) is 5.19. The van der Waals surface area contributed by atoms with E-state index in [1.807, 2.05) is 55.5 Å². The van der Waals surface area contributed by atoms with Crippen LogP contribution in [-0.2, 0) is 12.8 Å². The second-order valence-electron chi connectivity index (χ2n) is 6.98. The van der Waals surface area contributed by atoms with E-state index in [9.17, 15) is 4.79 Å². The topological polar surface area (TPSA) is 52.3 Å². The SMILES string of the molecule is CCC1Cc2cc(OCCc3nc(-c4ccccc4)oc3C)ccc2C1=O. The van der Waals surface area contributed by atoms with Gasteiger partial charge in [0.15, 0.2) is 5.78 Å². The van der Waals surface area contributed by atoms with Crippen molar-refractivity contribution in [3.05, 3.63) is 71.1 Å². The molecule has 1 heterocycles. The Kier molecular flexibility index (Phi) is 4.80. The molecule has 1 aliphatic rings. The number of nitrogens with zero attached hydrogens (tertiary/aromatic N) is 1. The Labute approximate surface area is 159 Å². The molecule has 1 atom stereocenters. The van der Waals surface area contributed by atoms with Crippen molar-refractivity contribution < 1.29 is 13.9 Å². The highest BCUT2D eigenvalue weighted by molar-refractivity contribution is 6.02. The van der Waals surface area contributed by atoms with Gasteiger partial charge in [0.05, 0.1) is 12.3 Å². The van der Waals surface area contributed by atoms with E-state index in [-0.39, 0.29) is 11.7 Å². The number of oxazole rings is 1. The fraction of sp³-hybridized carbons (Fsp3) is 0.304. The van der Waals surface area contributed by atoms with Crippen LogP contribution in [0.3, 0.4) is 0 Å². The van der Waals surface area contributed by atoms with Gasteiger partial charge in [-0.3, -0.25) is 4.79 Å². The second-order valence-corrected chi connectivity index (χ2v) is 6.98. The number of fused-ring (bicyclic) bond motifs is 1. The zero-order valence-electron chi connectivity index (χ0n) is 15.7. The largest absolute Gasteiger partial charge is 0.493 e. The second kappa shape index (κ2) is 7.39. The van der Waals surface area contributed by atoms with Crippen LogP contribution in [0.15, 0.2) is 52.9 Å². The summed E-state index contributed by atoms with van der Waals surface area (Å²) >= 11 is 0. The highest BCUT2D eigenvalue weighted by Crippen LogP contribution is 2.31. The Hall–Kier alpha value is -2.88. The smallest absolute Gasteiger partial charge is 0.226 e. The summed E-state index contributed by atoms with van der Waals surface area (Å²) in [6.07, 6.45) is 2.39. The molecule has 3 aromatic rings. The molecule has 0 fully saturated rings. The molecule has 1 aromatic heterocycles. The summed E-state index contributed by atoms with van der Waals surface area (Å²) in [4.78, 5) is 16.8. The van der Waals surface area contributed by atoms with Gasteiger partial charge in [-0.15, -0.1) is 0 Å². The number of ether oxygens (including phenoxy) is 1. The first kappa shape index (κ1) is 17.5. The van der Waals surface area contributed by atoms with Crippen molar-refractivity contribution >= 4 is 5.78 Å². The first-order valence-corrected chi connectivity index (χ1v) is 9.47. The first-order chi connectivity index (χ1) is 13.2. The van der Waals surface area contributed by atoms with Gasteiger partial charge >= 0.3 is 0 Å². The molecule has 0 amide bonds. The van der Waals surface area contributed by atoms with Gasteiger partial charge in [0.2, 0.25) is 5.89 Å². The zero-order valence-corrected chi connectivity index (χ0v) is 15.7. The Morgan fingerprint density at radius 3 is 2.78 bits per heavy atom. The summed E-state index contributed by atoms with van der Waals surface area (Å²) < 4.78 is 11.7. The molecule has 1 unspecified atom stereocenters. The van der Waals surface area contributed by atoms with Crippen molar-refractivity contribution in [3.63, 3.8) is 0 Å². The van der Waals surface area contributed by atoms with Crippen molar-refractivity contribution in [1.29, 1.82) is 0 Å². The maximum atomic E-state index is 12.2. The number of aromatic nitrogens is 1. The Bertz CT molecular complexity index is 959. The van der Waals surface area contributed by atoms with Crippen molar-refractivity contribution in [1.82, 2.24) is 4.98 Å². The van der Waals surface area contributed by atoms with E-state index < -0.39 is 0 Å². The molecule has 138 valence electrons. The van der Waals surface area contributed by atoms with E-state index in [4.69, 9.17) is 9.15 Å². The predicted octanol–water partition coefficient (Wildman–Crippen LogP) is 5.04. The maximum absolute atomic E-state index is 12.2. The highest BCUT2D eigenvalue weighted by Gasteiger charge is 2.29. The molecule has 1 aliphatic carbocycles. The average Bonchev–Trinajstić information content (AvgIpc) is 3.22. The molecule has 4 heteroatoms. The molecule has 0 radical (unpaired) electrons. The van der Waals surface area contributed by atoms with Crippen molar-refractivity contribution in [3.8, 4) is 17.2 Å². The van der Waals surface area contributed by atoms with Crippen LogP contribution in [0.1, 0.15) is 40.7 Å². The fourth-order valence-corrected chi connectivity index (χ4v) is 3.61. The number of benzene rings is 2. The van der Waals surface area contributed by atoms with E-state index in [1.165, 1.54) is 0 Å². The van der Waals surface area contributed by atoms with Gasteiger partial charge in [0, 0.05) is 23.5 Å². The Balaban J connectivity index is 1.40. The minimum Gasteiger partial charge on any atom is -0.493 e. The zero-order chi connectivity index (χ0) is 18.8. The molecule has 0 N–H and O–H groups in total. The van der Waals surface area contributed by atoms with Crippen LogP contribution in [-0.4, -0.2) is 17.4 Å². The summed E-state index contributed by atoms with van der Waals surface area (Å²) in [7, 11) is 0. The lowest BCUT2D eigenvalue weighted by molar-refractivity contribution is 0.0934. The molecular weight excluding hydrogens is 338 g/mol. The molecule has 27 heavy (non-hydrogen) atoms. The third-order valence-electron chi connectivity index (χ3n) is 5.19. The van der Waals surface area contributed by atoms with Gasteiger partial charge in [-0.1, -0.05) is 25.1 Å². The molecule has 4 rings (SSSR count). The van der Waals surface area contributed by atoms with Gasteiger partial charge in [-0.05, 0) is 55.7 Å². The quantitative estimate of drug-likeness (QED) is 0.617.